The number of hydrogen-bond acceptors (Lipinski definition) is 3. The van der Waals surface area contributed by atoms with Gasteiger partial charge in [0, 0.05) is 23.8 Å². The number of fused-ring (bicyclic) bond motifs is 1. The van der Waals surface area contributed by atoms with E-state index in [-0.39, 0.29) is 0 Å². The Hall–Kier alpha value is -1.77. The van der Waals surface area contributed by atoms with Crippen LogP contribution in [0.15, 0.2) is 30.5 Å². The van der Waals surface area contributed by atoms with Gasteiger partial charge < -0.3 is 11.1 Å². The number of nitrogens with two attached hydrogens (primary N) is 1. The molecule has 0 saturated carbocycles. The predicted molar refractivity (Wildman–Crippen MR) is 69.5 cm³/mol. The van der Waals surface area contributed by atoms with Crippen molar-refractivity contribution in [3.8, 4) is 0 Å². The number of nitrogen functional groups attached to an aromatic ring is 1. The molecule has 84 valence electrons. The van der Waals surface area contributed by atoms with Gasteiger partial charge in [-0.1, -0.05) is 13.8 Å². The van der Waals surface area contributed by atoms with Gasteiger partial charge in [-0.05, 0) is 35.6 Å². The molecule has 1 heterocycles. The zero-order valence-corrected chi connectivity index (χ0v) is 9.70. The Balaban J connectivity index is 2.38. The van der Waals surface area contributed by atoms with Gasteiger partial charge in [0.25, 0.3) is 0 Å². The van der Waals surface area contributed by atoms with E-state index in [9.17, 15) is 0 Å². The molecular formula is C13H17N3. The summed E-state index contributed by atoms with van der Waals surface area (Å²) in [6.45, 7) is 5.28. The van der Waals surface area contributed by atoms with Gasteiger partial charge in [-0.25, -0.2) is 4.98 Å². The zero-order valence-electron chi connectivity index (χ0n) is 9.70. The molecule has 3 nitrogen and oxygen atoms in total. The lowest BCUT2D eigenvalue weighted by atomic mass is 10.1. The number of nitrogens with zero attached hydrogens (tertiary/aromatic N) is 1. The van der Waals surface area contributed by atoms with E-state index in [2.05, 4.69) is 24.1 Å². The van der Waals surface area contributed by atoms with Gasteiger partial charge in [-0.2, -0.15) is 0 Å². The topological polar surface area (TPSA) is 50.9 Å². The number of hydrogen-bond donors (Lipinski definition) is 2. The fourth-order valence-corrected chi connectivity index (χ4v) is 1.64. The van der Waals surface area contributed by atoms with E-state index in [1.165, 1.54) is 0 Å². The smallest absolute Gasteiger partial charge is 0.133 e. The first-order valence-electron chi connectivity index (χ1n) is 5.55. The molecule has 0 fully saturated rings. The second kappa shape index (κ2) is 4.39. The molecule has 1 aromatic carbocycles. The summed E-state index contributed by atoms with van der Waals surface area (Å²) in [7, 11) is 0. The van der Waals surface area contributed by atoms with Crippen LogP contribution in [0.4, 0.5) is 11.5 Å². The van der Waals surface area contributed by atoms with E-state index in [4.69, 9.17) is 5.73 Å². The lowest BCUT2D eigenvalue weighted by Gasteiger charge is -2.10. The minimum Gasteiger partial charge on any atom is -0.399 e. The second-order valence-electron chi connectivity index (χ2n) is 4.41. The summed E-state index contributed by atoms with van der Waals surface area (Å²) >= 11 is 0. The Labute approximate surface area is 95.7 Å². The van der Waals surface area contributed by atoms with Gasteiger partial charge in [0.05, 0.1) is 0 Å². The first kappa shape index (κ1) is 10.7. The largest absolute Gasteiger partial charge is 0.399 e. The summed E-state index contributed by atoms with van der Waals surface area (Å²) in [4.78, 5) is 4.36. The Morgan fingerprint density at radius 3 is 2.88 bits per heavy atom. The molecule has 0 radical (unpaired) electrons. The van der Waals surface area contributed by atoms with Crippen molar-refractivity contribution in [2.24, 2.45) is 5.92 Å². The predicted octanol–water partition coefficient (Wildman–Crippen LogP) is 2.88. The number of aromatic nitrogens is 1. The van der Waals surface area contributed by atoms with Gasteiger partial charge in [0.15, 0.2) is 0 Å². The van der Waals surface area contributed by atoms with Crippen LogP contribution in [-0.2, 0) is 0 Å². The molecule has 0 unspecified atom stereocenters. The quantitative estimate of drug-likeness (QED) is 0.774. The van der Waals surface area contributed by atoms with Crippen LogP contribution < -0.4 is 11.1 Å². The molecule has 0 amide bonds. The van der Waals surface area contributed by atoms with E-state index >= 15 is 0 Å². The standard InChI is InChI=1S/C13H17N3/c1-9(2)8-16-13-12-4-3-11(14)7-10(12)5-6-15-13/h3-7,9H,8,14H2,1-2H3,(H,15,16). The van der Waals surface area contributed by atoms with Gasteiger partial charge >= 0.3 is 0 Å². The third kappa shape index (κ3) is 2.24. The van der Waals surface area contributed by atoms with Gasteiger partial charge in [-0.15, -0.1) is 0 Å². The summed E-state index contributed by atoms with van der Waals surface area (Å²) in [5, 5.41) is 5.60. The molecule has 2 rings (SSSR count). The Kier molecular flexibility index (Phi) is 2.95. The molecule has 0 atom stereocenters. The molecule has 0 bridgehead atoms. The maximum absolute atomic E-state index is 5.76. The average Bonchev–Trinajstić information content (AvgIpc) is 2.25. The summed E-state index contributed by atoms with van der Waals surface area (Å²) < 4.78 is 0. The van der Waals surface area contributed by atoms with Crippen LogP contribution in [-0.4, -0.2) is 11.5 Å². The fourth-order valence-electron chi connectivity index (χ4n) is 1.64. The van der Waals surface area contributed by atoms with Crippen molar-refractivity contribution in [3.63, 3.8) is 0 Å². The van der Waals surface area contributed by atoms with Crippen LogP contribution in [0.1, 0.15) is 13.8 Å². The minimum atomic E-state index is 0.603. The van der Waals surface area contributed by atoms with Crippen molar-refractivity contribution in [1.29, 1.82) is 0 Å². The normalized spacial score (nSPS) is 10.9. The molecule has 0 aliphatic carbocycles. The van der Waals surface area contributed by atoms with Crippen LogP contribution in [0, 0.1) is 5.92 Å². The highest BCUT2D eigenvalue weighted by molar-refractivity contribution is 5.93. The van der Waals surface area contributed by atoms with Crippen molar-refractivity contribution < 1.29 is 0 Å². The molecule has 0 spiro atoms. The molecule has 2 aromatic rings. The van der Waals surface area contributed by atoms with Gasteiger partial charge in [-0.3, -0.25) is 0 Å². The van der Waals surface area contributed by atoms with Crippen molar-refractivity contribution in [2.45, 2.75) is 13.8 Å². The highest BCUT2D eigenvalue weighted by Crippen LogP contribution is 2.23. The van der Waals surface area contributed by atoms with Crippen molar-refractivity contribution in [2.75, 3.05) is 17.6 Å². The SMILES string of the molecule is CC(C)CNc1nccc2cc(N)ccc12. The lowest BCUT2D eigenvalue weighted by molar-refractivity contribution is 0.687. The van der Waals surface area contributed by atoms with E-state index in [1.807, 2.05) is 30.5 Å². The van der Waals surface area contributed by atoms with Crippen LogP contribution in [0.5, 0.6) is 0 Å². The highest BCUT2D eigenvalue weighted by Gasteiger charge is 2.02. The van der Waals surface area contributed by atoms with Crippen LogP contribution in [0.2, 0.25) is 0 Å². The second-order valence-corrected chi connectivity index (χ2v) is 4.41. The number of pyridine rings is 1. The summed E-state index contributed by atoms with van der Waals surface area (Å²) in [5.74, 6) is 1.54. The van der Waals surface area contributed by atoms with E-state index in [0.717, 1.165) is 28.8 Å². The number of rotatable bonds is 3. The van der Waals surface area contributed by atoms with Gasteiger partial charge in [0.2, 0.25) is 0 Å². The molecule has 16 heavy (non-hydrogen) atoms. The van der Waals surface area contributed by atoms with E-state index in [0.29, 0.717) is 5.92 Å². The molecule has 0 saturated heterocycles. The van der Waals surface area contributed by atoms with E-state index in [1.54, 1.807) is 0 Å². The third-order valence-electron chi connectivity index (χ3n) is 2.47. The monoisotopic (exact) mass is 215 g/mol. The summed E-state index contributed by atoms with van der Waals surface area (Å²) in [6.07, 6.45) is 1.81. The maximum atomic E-state index is 5.76. The molecular weight excluding hydrogens is 198 g/mol. The van der Waals surface area contributed by atoms with Crippen molar-refractivity contribution in [3.05, 3.63) is 30.5 Å². The van der Waals surface area contributed by atoms with Crippen LogP contribution in [0.25, 0.3) is 10.8 Å². The fraction of sp³-hybridized carbons (Fsp3) is 0.308. The maximum Gasteiger partial charge on any atom is 0.133 e. The first-order valence-corrected chi connectivity index (χ1v) is 5.55. The molecule has 3 N–H and O–H groups in total. The van der Waals surface area contributed by atoms with Crippen molar-refractivity contribution >= 4 is 22.3 Å². The molecule has 1 aromatic heterocycles. The minimum absolute atomic E-state index is 0.603. The Bertz CT molecular complexity index is 492. The number of nitrogens with one attached hydrogen (secondary N) is 1. The molecule has 0 aliphatic heterocycles. The van der Waals surface area contributed by atoms with Crippen LogP contribution in [0.3, 0.4) is 0 Å². The highest BCUT2D eigenvalue weighted by atomic mass is 15.0. The molecule has 0 aliphatic rings. The van der Waals surface area contributed by atoms with Gasteiger partial charge in [0.1, 0.15) is 5.82 Å². The number of benzene rings is 1. The number of anilines is 2. The first-order chi connectivity index (χ1) is 7.66. The zero-order chi connectivity index (χ0) is 11.5. The van der Waals surface area contributed by atoms with Crippen LogP contribution >= 0.6 is 0 Å². The van der Waals surface area contributed by atoms with Crippen molar-refractivity contribution in [1.82, 2.24) is 4.98 Å². The third-order valence-corrected chi connectivity index (χ3v) is 2.47. The summed E-state index contributed by atoms with van der Waals surface area (Å²) in [6, 6.07) is 7.87. The summed E-state index contributed by atoms with van der Waals surface area (Å²) in [5.41, 5.74) is 6.54. The average molecular weight is 215 g/mol. The van der Waals surface area contributed by atoms with E-state index < -0.39 is 0 Å². The Morgan fingerprint density at radius 1 is 1.31 bits per heavy atom. The lowest BCUT2D eigenvalue weighted by Crippen LogP contribution is -2.09. The molecule has 3 heteroatoms. The Morgan fingerprint density at radius 2 is 2.12 bits per heavy atom.